The van der Waals surface area contributed by atoms with E-state index in [2.05, 4.69) is 10.3 Å². The zero-order valence-corrected chi connectivity index (χ0v) is 21.2. The second kappa shape index (κ2) is 11.0. The predicted molar refractivity (Wildman–Crippen MR) is 131 cm³/mol. The molecule has 188 valence electrons. The number of rotatable bonds is 9. The van der Waals surface area contributed by atoms with Crippen molar-refractivity contribution in [2.45, 2.75) is 45.8 Å². The van der Waals surface area contributed by atoms with Crippen molar-refractivity contribution in [1.29, 1.82) is 0 Å². The molecule has 11 heteroatoms. The van der Waals surface area contributed by atoms with Gasteiger partial charge < -0.3 is 15.3 Å². The number of hydrogen-bond donors (Lipinski definition) is 3. The highest BCUT2D eigenvalue weighted by Gasteiger charge is 2.28. The van der Waals surface area contributed by atoms with Crippen molar-refractivity contribution in [3.63, 3.8) is 0 Å². The first-order valence-corrected chi connectivity index (χ1v) is 12.7. The summed E-state index contributed by atoms with van der Waals surface area (Å²) in [6, 6.07) is 9.71. The Labute approximate surface area is 207 Å². The number of benzene rings is 2. The number of fused-ring (bicyclic) bond motifs is 1. The lowest BCUT2D eigenvalue weighted by Crippen LogP contribution is -2.23. The molecule has 1 atom stereocenters. The van der Waals surface area contributed by atoms with Crippen LogP contribution in [0.2, 0.25) is 5.02 Å². The Morgan fingerprint density at radius 3 is 2.54 bits per heavy atom. The summed E-state index contributed by atoms with van der Waals surface area (Å²) >= 11 is 5.86. The van der Waals surface area contributed by atoms with Gasteiger partial charge in [-0.3, -0.25) is 18.8 Å². The van der Waals surface area contributed by atoms with Crippen molar-refractivity contribution in [3.8, 4) is 5.75 Å². The van der Waals surface area contributed by atoms with E-state index in [0.29, 0.717) is 17.0 Å². The molecule has 0 radical (unpaired) electrons. The Balaban J connectivity index is 1.69. The van der Waals surface area contributed by atoms with Gasteiger partial charge >= 0.3 is 7.82 Å². The number of halogens is 2. The summed E-state index contributed by atoms with van der Waals surface area (Å²) in [4.78, 5) is 26.4. The molecule has 3 aromatic rings. The van der Waals surface area contributed by atoms with Gasteiger partial charge in [0, 0.05) is 23.2 Å². The Hall–Kier alpha value is -2.55. The molecule has 0 aliphatic heterocycles. The molecule has 0 bridgehead atoms. The van der Waals surface area contributed by atoms with Gasteiger partial charge in [-0.1, -0.05) is 23.7 Å². The van der Waals surface area contributed by atoms with E-state index in [9.17, 15) is 23.7 Å². The predicted octanol–water partition coefficient (Wildman–Crippen LogP) is 5.53. The number of amides is 1. The van der Waals surface area contributed by atoms with Gasteiger partial charge in [-0.05, 0) is 69.0 Å². The molecule has 0 aliphatic rings. The minimum absolute atomic E-state index is 0.0739. The number of phosphoric acid groups is 1. The maximum atomic E-state index is 14.6. The molecule has 0 aliphatic carbocycles. The van der Waals surface area contributed by atoms with Crippen molar-refractivity contribution >= 4 is 36.2 Å². The quantitative estimate of drug-likeness (QED) is 0.249. The fourth-order valence-corrected chi connectivity index (χ4v) is 4.55. The molecule has 0 saturated carbocycles. The molecule has 1 heterocycles. The first-order valence-electron chi connectivity index (χ1n) is 10.9. The maximum Gasteiger partial charge on any atom is 0.472 e. The van der Waals surface area contributed by atoms with Gasteiger partial charge in [0.25, 0.3) is 5.91 Å². The highest BCUT2D eigenvalue weighted by molar-refractivity contribution is 7.47. The lowest BCUT2D eigenvalue weighted by atomic mass is 10.0. The minimum Gasteiger partial charge on any atom is -0.506 e. The second-order valence-corrected chi connectivity index (χ2v) is 10.7. The number of carbonyl (C=O) groups excluding carboxylic acids is 1. The van der Waals surface area contributed by atoms with Gasteiger partial charge in [0.05, 0.1) is 12.2 Å². The van der Waals surface area contributed by atoms with Crippen molar-refractivity contribution in [2.24, 2.45) is 0 Å². The molecule has 2 aromatic carbocycles. The zero-order chi connectivity index (χ0) is 25.8. The normalized spacial score (nSPS) is 13.5. The highest BCUT2D eigenvalue weighted by Crippen LogP contribution is 2.47. The largest absolute Gasteiger partial charge is 0.506 e. The summed E-state index contributed by atoms with van der Waals surface area (Å²) in [7, 11) is -4.22. The van der Waals surface area contributed by atoms with Crippen molar-refractivity contribution < 1.29 is 32.8 Å². The molecule has 1 unspecified atom stereocenters. The third-order valence-electron chi connectivity index (χ3n) is 4.82. The lowest BCUT2D eigenvalue weighted by Gasteiger charge is -2.22. The van der Waals surface area contributed by atoms with Gasteiger partial charge in [-0.25, -0.2) is 8.96 Å². The van der Waals surface area contributed by atoms with Crippen LogP contribution in [-0.2, 0) is 26.6 Å². The molecule has 3 N–H and O–H groups in total. The Morgan fingerprint density at radius 1 is 1.20 bits per heavy atom. The summed E-state index contributed by atoms with van der Waals surface area (Å²) in [5, 5.41) is 14.0. The summed E-state index contributed by atoms with van der Waals surface area (Å²) in [5.74, 6) is -1.62. The first kappa shape index (κ1) is 27.0. The zero-order valence-electron chi connectivity index (χ0n) is 19.5. The van der Waals surface area contributed by atoms with E-state index in [1.165, 1.54) is 12.1 Å². The van der Waals surface area contributed by atoms with E-state index in [1.807, 2.05) is 0 Å². The topological polar surface area (TPSA) is 118 Å². The smallest absolute Gasteiger partial charge is 0.472 e. The molecular formula is C24H27ClFN2O6P. The summed E-state index contributed by atoms with van der Waals surface area (Å²) in [6.07, 6.45) is 1.70. The molecule has 1 amide bonds. The number of phosphoric ester groups is 1. The van der Waals surface area contributed by atoms with Gasteiger partial charge in [-0.15, -0.1) is 0 Å². The van der Waals surface area contributed by atoms with Gasteiger partial charge in [0.1, 0.15) is 22.6 Å². The minimum atomic E-state index is -4.22. The maximum absolute atomic E-state index is 14.6. The van der Waals surface area contributed by atoms with Crippen LogP contribution in [0.3, 0.4) is 0 Å². The molecule has 0 saturated heterocycles. The van der Waals surface area contributed by atoms with E-state index in [-0.39, 0.29) is 41.8 Å². The molecule has 8 nitrogen and oxygen atoms in total. The standard InChI is InChI=1S/C24H27ClFN2O6P/c1-24(2,3)34-35(31,32)33-10-4-5-16-11-18-21(20(26)12-16)27-14-19(22(18)29)23(30)28-13-15-6-8-17(25)9-7-15/h6-9,11-12,14H,4-5,10,13H2,1-3H3,(H,27,29)(H,28,30)(H,31,32). The number of aromatic nitrogens is 1. The first-order chi connectivity index (χ1) is 16.3. The summed E-state index contributed by atoms with van der Waals surface area (Å²) in [6.45, 7) is 4.99. The van der Waals surface area contributed by atoms with Crippen LogP contribution in [0, 0.1) is 5.82 Å². The molecule has 0 spiro atoms. The van der Waals surface area contributed by atoms with E-state index < -0.39 is 25.1 Å². The molecule has 3 rings (SSSR count). The lowest BCUT2D eigenvalue weighted by molar-refractivity contribution is 0.0613. The third-order valence-corrected chi connectivity index (χ3v) is 6.36. The monoisotopic (exact) mass is 524 g/mol. The third kappa shape index (κ3) is 7.72. The van der Waals surface area contributed by atoms with Crippen molar-refractivity contribution in [2.75, 3.05) is 6.61 Å². The van der Waals surface area contributed by atoms with E-state index in [4.69, 9.17) is 20.6 Å². The van der Waals surface area contributed by atoms with Crippen molar-refractivity contribution in [3.05, 3.63) is 70.1 Å². The van der Waals surface area contributed by atoms with Crippen LogP contribution >= 0.6 is 19.4 Å². The number of aromatic hydroxyl groups is 1. The SMILES string of the molecule is CC(C)(C)OP(=O)(O)OCCCc1cc(F)c2ncc(C(=O)NCc3ccc(Cl)cc3)c(O)c2c1. The number of aryl methyl sites for hydroxylation is 1. The molecule has 1 aromatic heterocycles. The Morgan fingerprint density at radius 2 is 1.89 bits per heavy atom. The van der Waals surface area contributed by atoms with E-state index in [0.717, 1.165) is 11.8 Å². The van der Waals surface area contributed by atoms with Crippen LogP contribution in [-0.4, -0.2) is 33.1 Å². The number of hydrogen-bond acceptors (Lipinski definition) is 6. The van der Waals surface area contributed by atoms with Crippen LogP contribution in [0.5, 0.6) is 5.75 Å². The van der Waals surface area contributed by atoms with Crippen molar-refractivity contribution in [1.82, 2.24) is 10.3 Å². The number of nitrogens with one attached hydrogen (secondary N) is 1. The van der Waals surface area contributed by atoms with Crippen LogP contribution in [0.4, 0.5) is 4.39 Å². The average Bonchev–Trinajstić information content (AvgIpc) is 2.75. The Bertz CT molecular complexity index is 1260. The molecule has 35 heavy (non-hydrogen) atoms. The van der Waals surface area contributed by atoms with Crippen LogP contribution in [0.1, 0.15) is 48.7 Å². The number of pyridine rings is 1. The van der Waals surface area contributed by atoms with Crippen LogP contribution in [0.15, 0.2) is 42.6 Å². The fourth-order valence-electron chi connectivity index (χ4n) is 3.32. The second-order valence-electron chi connectivity index (χ2n) is 8.91. The van der Waals surface area contributed by atoms with Gasteiger partial charge in [0.15, 0.2) is 0 Å². The van der Waals surface area contributed by atoms with Gasteiger partial charge in [0.2, 0.25) is 0 Å². The fraction of sp³-hybridized carbons (Fsp3) is 0.333. The van der Waals surface area contributed by atoms with Gasteiger partial charge in [-0.2, -0.15) is 0 Å². The van der Waals surface area contributed by atoms with Crippen LogP contribution < -0.4 is 5.32 Å². The molecule has 0 fully saturated rings. The van der Waals surface area contributed by atoms with E-state index >= 15 is 0 Å². The van der Waals surface area contributed by atoms with Crippen LogP contribution in [0.25, 0.3) is 10.9 Å². The number of nitrogens with zero attached hydrogens (tertiary/aromatic N) is 1. The number of carbonyl (C=O) groups is 1. The van der Waals surface area contributed by atoms with E-state index in [1.54, 1.807) is 45.0 Å². The Kier molecular flexibility index (Phi) is 8.51. The molecular weight excluding hydrogens is 498 g/mol. The average molecular weight is 525 g/mol. The summed E-state index contributed by atoms with van der Waals surface area (Å²) < 4.78 is 36.5. The highest BCUT2D eigenvalue weighted by atomic mass is 35.5. The summed E-state index contributed by atoms with van der Waals surface area (Å²) in [5.41, 5.74) is 0.294.